The number of hydrogen-bond donors (Lipinski definition) is 1. The van der Waals surface area contributed by atoms with Crippen LogP contribution >= 0.6 is 11.3 Å². The molecule has 2 nitrogen and oxygen atoms in total. The number of thiazole rings is 1. The first kappa shape index (κ1) is 14.9. The molecule has 0 bridgehead atoms. The minimum absolute atomic E-state index is 0.00993. The third-order valence-electron chi connectivity index (χ3n) is 2.95. The number of nitrogens with one attached hydrogen (secondary N) is 1. The molecule has 7 heteroatoms. The Kier molecular flexibility index (Phi) is 4.39. The van der Waals surface area contributed by atoms with Gasteiger partial charge in [0, 0.05) is 29.1 Å². The van der Waals surface area contributed by atoms with Crippen LogP contribution in [0.3, 0.4) is 0 Å². The van der Waals surface area contributed by atoms with E-state index >= 15 is 0 Å². The summed E-state index contributed by atoms with van der Waals surface area (Å²) in [5.41, 5.74) is 0.403. The molecule has 1 unspecified atom stereocenters. The van der Waals surface area contributed by atoms with Crippen LogP contribution in [0.4, 0.5) is 17.6 Å². The lowest BCUT2D eigenvalue weighted by Crippen LogP contribution is -2.21. The molecular weight excluding hydrogens is 292 g/mol. The number of rotatable bonds is 4. The molecule has 2 aromatic rings. The van der Waals surface area contributed by atoms with Crippen LogP contribution in [0.1, 0.15) is 22.0 Å². The van der Waals surface area contributed by atoms with Crippen LogP contribution in [-0.4, -0.2) is 12.0 Å². The van der Waals surface area contributed by atoms with Crippen molar-refractivity contribution in [2.45, 2.75) is 18.6 Å². The van der Waals surface area contributed by atoms with Crippen LogP contribution in [0, 0.1) is 5.82 Å². The molecule has 1 N–H and O–H groups in total. The maximum Gasteiger partial charge on any atom is 0.419 e. The van der Waals surface area contributed by atoms with Crippen molar-refractivity contribution >= 4 is 11.3 Å². The molecule has 2 rings (SSSR count). The zero-order valence-corrected chi connectivity index (χ0v) is 11.4. The molecule has 20 heavy (non-hydrogen) atoms. The van der Waals surface area contributed by atoms with E-state index in [1.165, 1.54) is 23.5 Å². The molecule has 0 amide bonds. The molecule has 0 radical (unpaired) electrons. The van der Waals surface area contributed by atoms with Crippen LogP contribution in [0.15, 0.2) is 29.9 Å². The van der Waals surface area contributed by atoms with Crippen molar-refractivity contribution in [3.05, 3.63) is 51.7 Å². The van der Waals surface area contributed by atoms with E-state index in [0.29, 0.717) is 6.42 Å². The van der Waals surface area contributed by atoms with Gasteiger partial charge in [-0.3, -0.25) is 4.98 Å². The minimum Gasteiger partial charge on any atom is -0.313 e. The Morgan fingerprint density at radius 1 is 1.35 bits per heavy atom. The van der Waals surface area contributed by atoms with Crippen molar-refractivity contribution in [1.82, 2.24) is 10.3 Å². The lowest BCUT2D eigenvalue weighted by Gasteiger charge is -2.18. The van der Waals surface area contributed by atoms with E-state index in [2.05, 4.69) is 10.3 Å². The quantitative estimate of drug-likeness (QED) is 0.869. The number of alkyl halides is 3. The predicted octanol–water partition coefficient (Wildman–Crippen LogP) is 3.80. The van der Waals surface area contributed by atoms with Gasteiger partial charge in [-0.2, -0.15) is 13.2 Å². The highest BCUT2D eigenvalue weighted by atomic mass is 32.1. The van der Waals surface area contributed by atoms with Crippen LogP contribution in [0.2, 0.25) is 0 Å². The Labute approximate surface area is 117 Å². The highest BCUT2D eigenvalue weighted by Crippen LogP contribution is 2.34. The fourth-order valence-electron chi connectivity index (χ4n) is 1.95. The number of hydrogen-bond acceptors (Lipinski definition) is 3. The molecule has 108 valence electrons. The first-order chi connectivity index (χ1) is 9.43. The number of nitrogens with zero attached hydrogens (tertiary/aromatic N) is 1. The summed E-state index contributed by atoms with van der Waals surface area (Å²) in [6.45, 7) is 0. The largest absolute Gasteiger partial charge is 0.419 e. The summed E-state index contributed by atoms with van der Waals surface area (Å²) in [5.74, 6) is -1.22. The van der Waals surface area contributed by atoms with Crippen molar-refractivity contribution in [2.75, 3.05) is 7.05 Å². The smallest absolute Gasteiger partial charge is 0.313 e. The normalized spacial score (nSPS) is 13.4. The van der Waals surface area contributed by atoms with Crippen molar-refractivity contribution in [1.29, 1.82) is 0 Å². The average molecular weight is 304 g/mol. The first-order valence-electron chi connectivity index (χ1n) is 5.83. The molecule has 1 heterocycles. The van der Waals surface area contributed by atoms with Gasteiger partial charge in [0.1, 0.15) is 5.82 Å². The monoisotopic (exact) mass is 304 g/mol. The maximum absolute atomic E-state index is 14.1. The molecular formula is C13H12F4N2S. The minimum atomic E-state index is -4.69. The number of benzene rings is 1. The van der Waals surface area contributed by atoms with Gasteiger partial charge in [0.15, 0.2) is 0 Å². The molecule has 0 saturated carbocycles. The van der Waals surface area contributed by atoms with E-state index in [0.717, 1.165) is 10.9 Å². The third-order valence-corrected chi connectivity index (χ3v) is 3.75. The fourth-order valence-corrected chi connectivity index (χ4v) is 2.59. The summed E-state index contributed by atoms with van der Waals surface area (Å²) in [5, 5.41) is 2.85. The van der Waals surface area contributed by atoms with Crippen molar-refractivity contribution < 1.29 is 17.6 Å². The molecule has 0 saturated heterocycles. The van der Waals surface area contributed by atoms with Gasteiger partial charge in [0.25, 0.3) is 0 Å². The van der Waals surface area contributed by atoms with Gasteiger partial charge >= 0.3 is 6.18 Å². The standard InChI is InChI=1S/C13H12F4N2S/c1-18-11(5-8-6-19-7-20-8)9-3-2-4-10(12(9)14)13(15,16)17/h2-4,6-7,11,18H,5H2,1H3. The van der Waals surface area contributed by atoms with Gasteiger partial charge in [-0.1, -0.05) is 12.1 Å². The summed E-state index contributed by atoms with van der Waals surface area (Å²) in [7, 11) is 1.59. The Morgan fingerprint density at radius 3 is 2.65 bits per heavy atom. The number of halogens is 4. The topological polar surface area (TPSA) is 24.9 Å². The highest BCUT2D eigenvalue weighted by Gasteiger charge is 2.35. The number of aromatic nitrogens is 1. The van der Waals surface area contributed by atoms with E-state index in [4.69, 9.17) is 0 Å². The lowest BCUT2D eigenvalue weighted by molar-refractivity contribution is -0.140. The van der Waals surface area contributed by atoms with Crippen LogP contribution < -0.4 is 5.32 Å². The summed E-state index contributed by atoms with van der Waals surface area (Å²) in [6.07, 6.45) is -2.68. The second-order valence-corrected chi connectivity index (χ2v) is 5.19. The van der Waals surface area contributed by atoms with Crippen molar-refractivity contribution in [3.8, 4) is 0 Å². The van der Waals surface area contributed by atoms with E-state index in [-0.39, 0.29) is 5.56 Å². The Bertz CT molecular complexity index is 566. The third kappa shape index (κ3) is 3.16. The molecule has 1 atom stereocenters. The van der Waals surface area contributed by atoms with E-state index < -0.39 is 23.6 Å². The van der Waals surface area contributed by atoms with E-state index in [9.17, 15) is 17.6 Å². The lowest BCUT2D eigenvalue weighted by atomic mass is 9.99. The molecule has 0 aliphatic carbocycles. The summed E-state index contributed by atoms with van der Waals surface area (Å²) in [4.78, 5) is 4.78. The van der Waals surface area contributed by atoms with Gasteiger partial charge in [-0.25, -0.2) is 4.39 Å². The molecule has 1 aromatic carbocycles. The van der Waals surface area contributed by atoms with Crippen molar-refractivity contribution in [3.63, 3.8) is 0 Å². The molecule has 0 spiro atoms. The maximum atomic E-state index is 14.1. The summed E-state index contributed by atoms with van der Waals surface area (Å²) < 4.78 is 52.2. The summed E-state index contributed by atoms with van der Waals surface area (Å²) in [6, 6.07) is 2.81. The number of likely N-dealkylation sites (N-methyl/N-ethyl adjacent to an activating group) is 1. The van der Waals surface area contributed by atoms with Crippen LogP contribution in [0.25, 0.3) is 0 Å². The second-order valence-electron chi connectivity index (χ2n) is 4.22. The van der Waals surface area contributed by atoms with Gasteiger partial charge < -0.3 is 5.32 Å². The van der Waals surface area contributed by atoms with E-state index in [1.54, 1.807) is 18.8 Å². The van der Waals surface area contributed by atoms with Crippen LogP contribution in [-0.2, 0) is 12.6 Å². The van der Waals surface area contributed by atoms with Gasteiger partial charge in [0.2, 0.25) is 0 Å². The molecule has 0 aliphatic heterocycles. The average Bonchev–Trinajstić information content (AvgIpc) is 2.88. The van der Waals surface area contributed by atoms with Crippen LogP contribution in [0.5, 0.6) is 0 Å². The first-order valence-corrected chi connectivity index (χ1v) is 6.71. The van der Waals surface area contributed by atoms with E-state index in [1.807, 2.05) is 0 Å². The zero-order chi connectivity index (χ0) is 14.8. The Hall–Kier alpha value is -1.47. The predicted molar refractivity (Wildman–Crippen MR) is 69.0 cm³/mol. The highest BCUT2D eigenvalue weighted by molar-refractivity contribution is 7.09. The van der Waals surface area contributed by atoms with Crippen molar-refractivity contribution in [2.24, 2.45) is 0 Å². The zero-order valence-electron chi connectivity index (χ0n) is 10.5. The van der Waals surface area contributed by atoms with Gasteiger partial charge in [-0.15, -0.1) is 11.3 Å². The van der Waals surface area contributed by atoms with Gasteiger partial charge in [0.05, 0.1) is 11.1 Å². The molecule has 1 aromatic heterocycles. The summed E-state index contributed by atoms with van der Waals surface area (Å²) >= 11 is 1.38. The SMILES string of the molecule is CNC(Cc1cncs1)c1cccc(C(F)(F)F)c1F. The molecule has 0 fully saturated rings. The fraction of sp³-hybridized carbons (Fsp3) is 0.308. The van der Waals surface area contributed by atoms with Gasteiger partial charge in [-0.05, 0) is 13.1 Å². The Morgan fingerprint density at radius 2 is 2.10 bits per heavy atom. The molecule has 0 aliphatic rings. The second kappa shape index (κ2) is 5.88. The Balaban J connectivity index is 2.35.